The van der Waals surface area contributed by atoms with Crippen LogP contribution in [0.1, 0.15) is 127 Å². The molecule has 2 atom stereocenters. The molecule has 0 saturated heterocycles. The summed E-state index contributed by atoms with van der Waals surface area (Å²) in [7, 11) is 0. The van der Waals surface area contributed by atoms with Gasteiger partial charge in [0.1, 0.15) is 0 Å². The lowest BCUT2D eigenvalue weighted by Gasteiger charge is -2.16. The fourth-order valence-electron chi connectivity index (χ4n) is 6.84. The fraction of sp³-hybridized carbons (Fsp3) is 0.444. The van der Waals surface area contributed by atoms with Gasteiger partial charge in [0.15, 0.2) is 0 Å². The maximum atomic E-state index is 12.6. The maximum Gasteiger partial charge on any atom is 0.338 e. The number of carboxylic acids is 2. The van der Waals surface area contributed by atoms with Crippen molar-refractivity contribution in [2.24, 2.45) is 0 Å². The van der Waals surface area contributed by atoms with E-state index in [0.29, 0.717) is 28.6 Å². The highest BCUT2D eigenvalue weighted by molar-refractivity contribution is 6.02. The molecule has 0 unspecified atom stereocenters. The zero-order chi connectivity index (χ0) is 32.6. The van der Waals surface area contributed by atoms with E-state index in [1.807, 2.05) is 19.9 Å². The molecule has 3 aromatic rings. The van der Waals surface area contributed by atoms with Gasteiger partial charge in [0.25, 0.3) is 0 Å². The van der Waals surface area contributed by atoms with Gasteiger partial charge in [-0.1, -0.05) is 27.2 Å². The Morgan fingerprint density at radius 1 is 0.911 bits per heavy atom. The highest BCUT2D eigenvalue weighted by Crippen LogP contribution is 2.42. The van der Waals surface area contributed by atoms with E-state index in [4.69, 9.17) is 9.97 Å². The number of carboxylic acid groups (broad SMARTS) is 2. The van der Waals surface area contributed by atoms with Crippen LogP contribution < -0.4 is 5.32 Å². The van der Waals surface area contributed by atoms with E-state index in [-0.39, 0.29) is 23.8 Å². The number of nitrogens with one attached hydrogen (secondary N) is 3. The van der Waals surface area contributed by atoms with Gasteiger partial charge in [0.05, 0.1) is 22.5 Å². The van der Waals surface area contributed by atoms with E-state index in [2.05, 4.69) is 62.0 Å². The van der Waals surface area contributed by atoms with E-state index in [9.17, 15) is 19.8 Å². The first-order valence-electron chi connectivity index (χ1n) is 16.1. The number of unbranched alkanes of at least 4 members (excludes halogenated alkanes) is 1. The van der Waals surface area contributed by atoms with Crippen molar-refractivity contribution < 1.29 is 19.8 Å². The van der Waals surface area contributed by atoms with Crippen LogP contribution in [0.5, 0.6) is 0 Å². The molecule has 2 aliphatic rings. The average molecular weight is 612 g/mol. The molecular formula is C36H45N5O4. The minimum Gasteiger partial charge on any atom is -0.481 e. The number of aliphatic carboxylic acids is 1. The van der Waals surface area contributed by atoms with E-state index in [0.717, 1.165) is 82.9 Å². The molecule has 0 spiro atoms. The van der Waals surface area contributed by atoms with Crippen LogP contribution >= 0.6 is 0 Å². The number of rotatable bonds is 10. The molecule has 5 heterocycles. The van der Waals surface area contributed by atoms with Gasteiger partial charge in [-0.2, -0.15) is 0 Å². The number of hydrogen-bond donors (Lipinski definition) is 5. The standard InChI is InChI=1S/C36H45N5O4/c1-8-10-13-37-17-25-20(5)26-14-28-19(4)24(11-12-32(42)43)34(40-28)22(7)35-33(36(44)45)21(6)29(41-35)16-30-23(9-2)18(3)27(38-30)15-31(25)39-26/h14-16,19,24,37,39,41H,8-13,17H2,1-7H3,(H,42,43)(H,44,45)/t19-,24-/m0/s1. The highest BCUT2D eigenvalue weighted by Gasteiger charge is 2.32. The third-order valence-electron chi connectivity index (χ3n) is 9.66. The van der Waals surface area contributed by atoms with Crippen molar-refractivity contribution in [3.63, 3.8) is 0 Å². The number of hydrogen-bond acceptors (Lipinski definition) is 5. The summed E-state index contributed by atoms with van der Waals surface area (Å²) < 4.78 is 0. The Balaban J connectivity index is 1.91. The first-order chi connectivity index (χ1) is 21.5. The second-order valence-electron chi connectivity index (χ2n) is 12.5. The first kappa shape index (κ1) is 32.2. The summed E-state index contributed by atoms with van der Waals surface area (Å²) in [6.45, 7) is 16.0. The molecule has 0 radical (unpaired) electrons. The van der Waals surface area contributed by atoms with Crippen LogP contribution in [-0.4, -0.2) is 48.6 Å². The third kappa shape index (κ3) is 6.06. The lowest BCUT2D eigenvalue weighted by atomic mass is 9.86. The summed E-state index contributed by atoms with van der Waals surface area (Å²) in [4.78, 5) is 41.6. The van der Waals surface area contributed by atoms with Crippen molar-refractivity contribution in [2.75, 3.05) is 6.54 Å². The van der Waals surface area contributed by atoms with Crippen LogP contribution in [0.3, 0.4) is 0 Å². The molecule has 0 aliphatic carbocycles. The monoisotopic (exact) mass is 611 g/mol. The molecule has 5 rings (SSSR count). The van der Waals surface area contributed by atoms with Gasteiger partial charge in [-0.3, -0.25) is 9.78 Å². The van der Waals surface area contributed by atoms with Gasteiger partial charge < -0.3 is 25.5 Å². The van der Waals surface area contributed by atoms with Gasteiger partial charge in [-0.25, -0.2) is 9.78 Å². The van der Waals surface area contributed by atoms with Crippen LogP contribution in [-0.2, 0) is 11.3 Å². The zero-order valence-electron chi connectivity index (χ0n) is 27.4. The number of H-pyrrole nitrogens is 2. The summed E-state index contributed by atoms with van der Waals surface area (Å²) in [5, 5.41) is 23.5. The molecule has 2 aliphatic heterocycles. The molecule has 0 aromatic carbocycles. The van der Waals surface area contributed by atoms with Gasteiger partial charge in [0.2, 0.25) is 0 Å². The van der Waals surface area contributed by atoms with Crippen LogP contribution in [0.25, 0.3) is 33.2 Å². The topological polar surface area (TPSA) is 144 Å². The third-order valence-corrected chi connectivity index (χ3v) is 9.66. The largest absolute Gasteiger partial charge is 0.481 e. The predicted octanol–water partition coefficient (Wildman–Crippen LogP) is 7.92. The summed E-state index contributed by atoms with van der Waals surface area (Å²) in [6.07, 6.45) is 3.42. The smallest absolute Gasteiger partial charge is 0.338 e. The van der Waals surface area contributed by atoms with Crippen molar-refractivity contribution >= 4 is 45.2 Å². The molecule has 8 bridgehead atoms. The number of fused-ring (bicyclic) bond motifs is 8. The Morgan fingerprint density at radius 3 is 2.29 bits per heavy atom. The van der Waals surface area contributed by atoms with E-state index in [1.54, 1.807) is 0 Å². The number of aromatic carboxylic acids is 1. The summed E-state index contributed by atoms with van der Waals surface area (Å²) in [5.41, 5.74) is 12.5. The molecule has 0 saturated carbocycles. The van der Waals surface area contributed by atoms with Gasteiger partial charge in [-0.05, 0) is 105 Å². The summed E-state index contributed by atoms with van der Waals surface area (Å²) in [6, 6.07) is 6.16. The van der Waals surface area contributed by atoms with Crippen molar-refractivity contribution in [3.05, 3.63) is 68.8 Å². The minimum absolute atomic E-state index is 0.00128. The Labute approximate surface area is 264 Å². The SMILES string of the molecule is CCCCNCc1c(C)c2cc3nc(c(C)c4[nH]c(cc5nc(cc1[nH]2)C(C)=C5CC)c(C)c4C(=O)O)[C@@H](CCC(=O)O)[C@@H]3C. The van der Waals surface area contributed by atoms with Crippen molar-refractivity contribution in [2.45, 2.75) is 99.0 Å². The number of allylic oxidation sites excluding steroid dienone is 2. The molecule has 238 valence electrons. The van der Waals surface area contributed by atoms with E-state index in [1.165, 1.54) is 5.56 Å². The van der Waals surface area contributed by atoms with Crippen LogP contribution in [0.2, 0.25) is 0 Å². The number of aromatic nitrogens is 4. The average Bonchev–Trinajstić information content (AvgIpc) is 3.67. The normalized spacial score (nSPS) is 16.4. The van der Waals surface area contributed by atoms with Crippen molar-refractivity contribution in [1.82, 2.24) is 25.3 Å². The lowest BCUT2D eigenvalue weighted by Crippen LogP contribution is -2.14. The minimum atomic E-state index is -1.02. The van der Waals surface area contributed by atoms with Crippen LogP contribution in [0.4, 0.5) is 0 Å². The Bertz CT molecular complexity index is 1860. The Hall–Kier alpha value is -4.24. The number of carbonyl (C=O) groups is 2. The van der Waals surface area contributed by atoms with Crippen molar-refractivity contribution in [3.8, 4) is 0 Å². The Morgan fingerprint density at radius 2 is 1.62 bits per heavy atom. The maximum absolute atomic E-state index is 12.6. The highest BCUT2D eigenvalue weighted by atomic mass is 16.4. The first-order valence-corrected chi connectivity index (χ1v) is 16.1. The number of nitrogens with zero attached hydrogens (tertiary/aromatic N) is 2. The molecular weight excluding hydrogens is 566 g/mol. The van der Waals surface area contributed by atoms with Gasteiger partial charge in [0, 0.05) is 52.7 Å². The number of aromatic amines is 2. The van der Waals surface area contributed by atoms with Gasteiger partial charge >= 0.3 is 11.9 Å². The van der Waals surface area contributed by atoms with E-state index < -0.39 is 11.9 Å². The molecule has 9 nitrogen and oxygen atoms in total. The summed E-state index contributed by atoms with van der Waals surface area (Å²) in [5.74, 6) is -2.12. The molecule has 3 aromatic heterocycles. The second-order valence-corrected chi connectivity index (χ2v) is 12.5. The zero-order valence-corrected chi connectivity index (χ0v) is 27.4. The molecule has 0 amide bonds. The van der Waals surface area contributed by atoms with Crippen LogP contribution in [0, 0.1) is 20.8 Å². The molecule has 0 fully saturated rings. The Kier molecular flexibility index (Phi) is 9.30. The second kappa shape index (κ2) is 13.0. The van der Waals surface area contributed by atoms with Gasteiger partial charge in [-0.15, -0.1) is 0 Å². The number of aryl methyl sites for hydroxylation is 3. The lowest BCUT2D eigenvalue weighted by molar-refractivity contribution is -0.137. The fourth-order valence-corrected chi connectivity index (χ4v) is 6.84. The predicted molar refractivity (Wildman–Crippen MR) is 180 cm³/mol. The molecule has 9 heteroatoms. The quantitative estimate of drug-likeness (QED) is 0.146. The van der Waals surface area contributed by atoms with E-state index >= 15 is 0 Å². The summed E-state index contributed by atoms with van der Waals surface area (Å²) >= 11 is 0. The molecule has 45 heavy (non-hydrogen) atoms. The van der Waals surface area contributed by atoms with Crippen LogP contribution in [0.15, 0.2) is 18.2 Å². The van der Waals surface area contributed by atoms with Crippen molar-refractivity contribution in [1.29, 1.82) is 0 Å². The molecule has 5 N–H and O–H groups in total.